The molecule has 0 aromatic rings. The van der Waals surface area contributed by atoms with Crippen LogP contribution in [-0.4, -0.2) is 50.7 Å². The molecule has 21 heavy (non-hydrogen) atoms. The Morgan fingerprint density at radius 2 is 2.05 bits per heavy atom. The highest BCUT2D eigenvalue weighted by atomic mass is 16.5. The van der Waals surface area contributed by atoms with Crippen LogP contribution in [0.2, 0.25) is 0 Å². The third-order valence-corrected chi connectivity index (χ3v) is 4.85. The van der Waals surface area contributed by atoms with Crippen LogP contribution in [0.25, 0.3) is 0 Å². The predicted octanol–water partition coefficient (Wildman–Crippen LogP) is 2.90. The van der Waals surface area contributed by atoms with Crippen LogP contribution in [0.1, 0.15) is 58.8 Å². The molecule has 4 nitrogen and oxygen atoms in total. The summed E-state index contributed by atoms with van der Waals surface area (Å²) in [5.74, 6) is 0. The summed E-state index contributed by atoms with van der Waals surface area (Å²) in [5, 5.41) is 3.75. The van der Waals surface area contributed by atoms with Crippen molar-refractivity contribution in [2.45, 2.75) is 76.5 Å². The van der Waals surface area contributed by atoms with Crippen LogP contribution in [0.5, 0.6) is 0 Å². The first kappa shape index (κ1) is 17.2. The lowest BCUT2D eigenvalue weighted by atomic mass is 9.82. The fourth-order valence-electron chi connectivity index (χ4n) is 3.69. The molecule has 2 saturated heterocycles. The zero-order valence-corrected chi connectivity index (χ0v) is 13.9. The van der Waals surface area contributed by atoms with Crippen LogP contribution in [0, 0.1) is 0 Å². The summed E-state index contributed by atoms with van der Waals surface area (Å²) < 4.78 is 17.6. The minimum Gasteiger partial charge on any atom is -0.381 e. The Balaban J connectivity index is 1.96. The van der Waals surface area contributed by atoms with Gasteiger partial charge in [0.1, 0.15) is 0 Å². The first-order valence-corrected chi connectivity index (χ1v) is 8.87. The molecule has 0 aromatic carbocycles. The van der Waals surface area contributed by atoms with Crippen LogP contribution in [-0.2, 0) is 14.2 Å². The molecule has 1 N–H and O–H groups in total. The quantitative estimate of drug-likeness (QED) is 0.710. The van der Waals surface area contributed by atoms with Gasteiger partial charge in [-0.05, 0) is 45.6 Å². The van der Waals surface area contributed by atoms with Crippen LogP contribution >= 0.6 is 0 Å². The lowest BCUT2D eigenvalue weighted by Gasteiger charge is -2.44. The molecule has 4 heteroatoms. The van der Waals surface area contributed by atoms with Crippen LogP contribution in [0.4, 0.5) is 0 Å². The Bertz CT molecular complexity index is 268. The Hall–Kier alpha value is -0.160. The van der Waals surface area contributed by atoms with Crippen molar-refractivity contribution in [3.05, 3.63) is 0 Å². The van der Waals surface area contributed by atoms with E-state index in [0.717, 1.165) is 65.1 Å². The van der Waals surface area contributed by atoms with E-state index in [1.165, 1.54) is 12.8 Å². The van der Waals surface area contributed by atoms with E-state index in [-0.39, 0.29) is 5.60 Å². The van der Waals surface area contributed by atoms with Crippen LogP contribution in [0.3, 0.4) is 0 Å². The molecule has 124 valence electrons. The van der Waals surface area contributed by atoms with E-state index >= 15 is 0 Å². The molecule has 0 bridgehead atoms. The average Bonchev–Trinajstić information content (AvgIpc) is 3.02. The highest BCUT2D eigenvalue weighted by Crippen LogP contribution is 2.32. The van der Waals surface area contributed by atoms with Crippen molar-refractivity contribution in [1.82, 2.24) is 5.32 Å². The highest BCUT2D eigenvalue weighted by Gasteiger charge is 2.41. The highest BCUT2D eigenvalue weighted by molar-refractivity contribution is 4.95. The average molecular weight is 299 g/mol. The molecule has 2 rings (SSSR count). The van der Waals surface area contributed by atoms with Crippen molar-refractivity contribution in [3.63, 3.8) is 0 Å². The van der Waals surface area contributed by atoms with Gasteiger partial charge in [0, 0.05) is 45.3 Å². The van der Waals surface area contributed by atoms with E-state index in [0.29, 0.717) is 12.1 Å². The molecule has 0 radical (unpaired) electrons. The third kappa shape index (κ3) is 4.92. The minimum atomic E-state index is -0.0409. The number of hydrogen-bond donors (Lipinski definition) is 1. The predicted molar refractivity (Wildman–Crippen MR) is 84.7 cm³/mol. The second kappa shape index (κ2) is 9.09. The molecule has 2 atom stereocenters. The summed E-state index contributed by atoms with van der Waals surface area (Å²) in [6.45, 7) is 8.77. The van der Waals surface area contributed by atoms with Gasteiger partial charge in [-0.25, -0.2) is 0 Å². The molecule has 0 aliphatic carbocycles. The van der Waals surface area contributed by atoms with Crippen LogP contribution in [0.15, 0.2) is 0 Å². The lowest BCUT2D eigenvalue weighted by molar-refractivity contribution is -0.129. The van der Waals surface area contributed by atoms with Gasteiger partial charge < -0.3 is 19.5 Å². The Morgan fingerprint density at radius 3 is 2.67 bits per heavy atom. The van der Waals surface area contributed by atoms with Crippen molar-refractivity contribution in [3.8, 4) is 0 Å². The lowest BCUT2D eigenvalue weighted by Crippen LogP contribution is -2.55. The van der Waals surface area contributed by atoms with Gasteiger partial charge in [-0.1, -0.05) is 6.92 Å². The van der Waals surface area contributed by atoms with Crippen molar-refractivity contribution >= 4 is 0 Å². The maximum Gasteiger partial charge on any atom is 0.0878 e. The number of hydrogen-bond acceptors (Lipinski definition) is 4. The number of ether oxygens (including phenoxy) is 3. The Labute approximate surface area is 129 Å². The second-order valence-corrected chi connectivity index (χ2v) is 6.33. The summed E-state index contributed by atoms with van der Waals surface area (Å²) in [5.41, 5.74) is -0.0409. The standard InChI is InChI=1S/C17H33NO3/c1-3-11-18-16(8-7-15-6-5-12-20-15)17(21-4-2)9-13-19-14-10-17/h15-16,18H,3-14H2,1-2H3. The maximum absolute atomic E-state index is 6.26. The minimum absolute atomic E-state index is 0.0409. The normalized spacial score (nSPS) is 26.9. The molecular weight excluding hydrogens is 266 g/mol. The molecule has 0 spiro atoms. The van der Waals surface area contributed by atoms with E-state index < -0.39 is 0 Å². The Morgan fingerprint density at radius 1 is 1.24 bits per heavy atom. The van der Waals surface area contributed by atoms with E-state index in [2.05, 4.69) is 19.2 Å². The van der Waals surface area contributed by atoms with Gasteiger partial charge in [0.05, 0.1) is 11.7 Å². The molecule has 2 heterocycles. The van der Waals surface area contributed by atoms with Gasteiger partial charge in [0.2, 0.25) is 0 Å². The summed E-state index contributed by atoms with van der Waals surface area (Å²) >= 11 is 0. The second-order valence-electron chi connectivity index (χ2n) is 6.33. The van der Waals surface area contributed by atoms with Gasteiger partial charge in [0.15, 0.2) is 0 Å². The first-order valence-electron chi connectivity index (χ1n) is 8.87. The molecule has 0 amide bonds. The summed E-state index contributed by atoms with van der Waals surface area (Å²) in [7, 11) is 0. The molecule has 2 aliphatic heterocycles. The molecule has 0 saturated carbocycles. The third-order valence-electron chi connectivity index (χ3n) is 4.85. The largest absolute Gasteiger partial charge is 0.381 e. The smallest absolute Gasteiger partial charge is 0.0878 e. The van der Waals surface area contributed by atoms with Gasteiger partial charge in [-0.3, -0.25) is 0 Å². The maximum atomic E-state index is 6.26. The molecular formula is C17H33NO3. The molecule has 2 fully saturated rings. The molecule has 0 aromatic heterocycles. The zero-order chi connectivity index (χ0) is 15.0. The fourth-order valence-corrected chi connectivity index (χ4v) is 3.69. The van der Waals surface area contributed by atoms with Gasteiger partial charge >= 0.3 is 0 Å². The van der Waals surface area contributed by atoms with Crippen molar-refractivity contribution in [2.24, 2.45) is 0 Å². The van der Waals surface area contributed by atoms with Gasteiger partial charge in [-0.15, -0.1) is 0 Å². The molecule has 2 aliphatic rings. The first-order chi connectivity index (χ1) is 10.3. The van der Waals surface area contributed by atoms with Gasteiger partial charge in [0.25, 0.3) is 0 Å². The number of rotatable bonds is 9. The zero-order valence-electron chi connectivity index (χ0n) is 13.9. The Kier molecular flexibility index (Phi) is 7.44. The SMILES string of the molecule is CCCNC(CCC1CCCO1)C1(OCC)CCOCC1. The van der Waals surface area contributed by atoms with E-state index in [4.69, 9.17) is 14.2 Å². The van der Waals surface area contributed by atoms with Crippen molar-refractivity contribution in [2.75, 3.05) is 33.0 Å². The van der Waals surface area contributed by atoms with Crippen LogP contribution < -0.4 is 5.32 Å². The monoisotopic (exact) mass is 299 g/mol. The summed E-state index contributed by atoms with van der Waals surface area (Å²) in [6.07, 6.45) is 8.39. The summed E-state index contributed by atoms with van der Waals surface area (Å²) in [6, 6.07) is 0.422. The summed E-state index contributed by atoms with van der Waals surface area (Å²) in [4.78, 5) is 0. The fraction of sp³-hybridized carbons (Fsp3) is 1.00. The van der Waals surface area contributed by atoms with Gasteiger partial charge in [-0.2, -0.15) is 0 Å². The topological polar surface area (TPSA) is 39.7 Å². The number of nitrogens with one attached hydrogen (secondary N) is 1. The van der Waals surface area contributed by atoms with Crippen molar-refractivity contribution in [1.29, 1.82) is 0 Å². The molecule has 2 unspecified atom stereocenters. The van der Waals surface area contributed by atoms with E-state index in [1.807, 2.05) is 0 Å². The van der Waals surface area contributed by atoms with Crippen molar-refractivity contribution < 1.29 is 14.2 Å². The van der Waals surface area contributed by atoms with E-state index in [9.17, 15) is 0 Å². The van der Waals surface area contributed by atoms with E-state index in [1.54, 1.807) is 0 Å².